The number of rotatable bonds is 5. The van der Waals surface area contributed by atoms with Gasteiger partial charge in [-0.25, -0.2) is 9.97 Å². The molecule has 1 atom stereocenters. The highest BCUT2D eigenvalue weighted by atomic mass is 19.4. The minimum atomic E-state index is -4.34. The highest BCUT2D eigenvalue weighted by molar-refractivity contribution is 5.84. The Morgan fingerprint density at radius 1 is 1.36 bits per heavy atom. The summed E-state index contributed by atoms with van der Waals surface area (Å²) in [5.74, 6) is 0.416. The number of anilines is 1. The Bertz CT molecular complexity index is 756. The van der Waals surface area contributed by atoms with E-state index in [1.165, 1.54) is 18.7 Å². The van der Waals surface area contributed by atoms with Crippen LogP contribution in [0.2, 0.25) is 0 Å². The van der Waals surface area contributed by atoms with E-state index in [1.54, 1.807) is 17.9 Å². The van der Waals surface area contributed by atoms with Crippen LogP contribution >= 0.6 is 0 Å². The Kier molecular flexibility index (Phi) is 4.60. The van der Waals surface area contributed by atoms with Crippen molar-refractivity contribution in [2.45, 2.75) is 32.1 Å². The molecule has 0 aliphatic carbocycles. The smallest absolute Gasteiger partial charge is 0.359 e. The zero-order valence-electron chi connectivity index (χ0n) is 13.5. The fourth-order valence-electron chi connectivity index (χ4n) is 2.45. The van der Waals surface area contributed by atoms with Gasteiger partial charge in [-0.1, -0.05) is 0 Å². The van der Waals surface area contributed by atoms with Crippen molar-refractivity contribution < 1.29 is 18.0 Å². The lowest BCUT2D eigenvalue weighted by atomic mass is 10.1. The number of hydrogen-bond donors (Lipinski definition) is 1. The summed E-state index contributed by atoms with van der Waals surface area (Å²) in [6.07, 6.45) is 0.548. The van der Waals surface area contributed by atoms with Gasteiger partial charge >= 0.3 is 6.18 Å². The predicted molar refractivity (Wildman–Crippen MR) is 83.6 cm³/mol. The number of nitrogens with zero attached hydrogens (tertiary/aromatic N) is 5. The summed E-state index contributed by atoms with van der Waals surface area (Å²) in [5, 5.41) is 6.69. The van der Waals surface area contributed by atoms with E-state index in [0.717, 1.165) is 24.2 Å². The largest absolute Gasteiger partial charge is 0.408 e. The molecule has 2 aromatic rings. The molecule has 3 rings (SSSR count). The van der Waals surface area contributed by atoms with Crippen LogP contribution in [0.5, 0.6) is 0 Å². The predicted octanol–water partition coefficient (Wildman–Crippen LogP) is 1.94. The minimum absolute atomic E-state index is 0.00981. The molecule has 0 spiro atoms. The molecular weight excluding hydrogens is 337 g/mol. The number of halogens is 3. The Balaban J connectivity index is 1.70. The van der Waals surface area contributed by atoms with Gasteiger partial charge in [-0.3, -0.25) is 9.48 Å². The Morgan fingerprint density at radius 3 is 2.76 bits per heavy atom. The zero-order chi connectivity index (χ0) is 18.0. The molecule has 1 aliphatic rings. The van der Waals surface area contributed by atoms with Crippen LogP contribution in [0.15, 0.2) is 24.8 Å². The lowest BCUT2D eigenvalue weighted by Crippen LogP contribution is -2.48. The fourth-order valence-corrected chi connectivity index (χ4v) is 2.45. The molecule has 3 heterocycles. The molecule has 1 saturated heterocycles. The molecule has 0 unspecified atom stereocenters. The normalized spacial score (nSPS) is 15.6. The third-order valence-electron chi connectivity index (χ3n) is 3.84. The molecule has 0 saturated carbocycles. The van der Waals surface area contributed by atoms with Crippen LogP contribution in [0.25, 0.3) is 11.3 Å². The van der Waals surface area contributed by atoms with Gasteiger partial charge in [0.05, 0.1) is 11.9 Å². The minimum Gasteiger partial charge on any atom is -0.359 e. The summed E-state index contributed by atoms with van der Waals surface area (Å²) in [6, 6.07) is 1.13. The molecule has 1 aliphatic heterocycles. The molecule has 1 fully saturated rings. The van der Waals surface area contributed by atoms with E-state index in [2.05, 4.69) is 20.4 Å². The van der Waals surface area contributed by atoms with E-state index >= 15 is 0 Å². The summed E-state index contributed by atoms with van der Waals surface area (Å²) < 4.78 is 38.0. The van der Waals surface area contributed by atoms with E-state index in [1.807, 2.05) is 0 Å². The number of hydrogen-bond acceptors (Lipinski definition) is 5. The monoisotopic (exact) mass is 354 g/mol. The second-order valence-corrected chi connectivity index (χ2v) is 5.88. The third kappa shape index (κ3) is 4.25. The van der Waals surface area contributed by atoms with Crippen LogP contribution in [0.1, 0.15) is 13.3 Å². The highest BCUT2D eigenvalue weighted by Crippen LogP contribution is 2.22. The van der Waals surface area contributed by atoms with Gasteiger partial charge in [0, 0.05) is 30.9 Å². The Morgan fingerprint density at radius 2 is 2.12 bits per heavy atom. The number of likely N-dealkylation sites (tertiary alicyclic amines) is 1. The van der Waals surface area contributed by atoms with Crippen molar-refractivity contribution in [3.05, 3.63) is 24.8 Å². The standard InChI is InChI=1S/C15H17F3N6O/c1-10(14(25)23-3-2-4-23)22-13-5-12(19-9-20-13)11-6-21-24(7-11)8-15(16,17)18/h5-7,9-10H,2-4,8H2,1H3,(H,19,20,22)/t10-/m1/s1. The van der Waals surface area contributed by atoms with Gasteiger partial charge in [0.2, 0.25) is 5.91 Å². The van der Waals surface area contributed by atoms with Crippen molar-refractivity contribution >= 4 is 11.7 Å². The first-order valence-electron chi connectivity index (χ1n) is 7.79. The Hall–Kier alpha value is -2.65. The van der Waals surface area contributed by atoms with Crippen LogP contribution in [-0.4, -0.2) is 55.9 Å². The summed E-state index contributed by atoms with van der Waals surface area (Å²) in [4.78, 5) is 22.0. The van der Waals surface area contributed by atoms with Gasteiger partial charge in [-0.2, -0.15) is 18.3 Å². The van der Waals surface area contributed by atoms with Crippen LogP contribution in [0, 0.1) is 0 Å². The molecule has 1 amide bonds. The van der Waals surface area contributed by atoms with Gasteiger partial charge in [0.15, 0.2) is 0 Å². The number of nitrogens with one attached hydrogen (secondary N) is 1. The van der Waals surface area contributed by atoms with Crippen molar-refractivity contribution in [2.24, 2.45) is 0 Å². The molecule has 0 aromatic carbocycles. The lowest BCUT2D eigenvalue weighted by molar-refractivity contribution is -0.142. The molecule has 2 aromatic heterocycles. The van der Waals surface area contributed by atoms with Gasteiger partial charge in [-0.05, 0) is 13.3 Å². The van der Waals surface area contributed by atoms with Crippen molar-refractivity contribution in [2.75, 3.05) is 18.4 Å². The molecule has 0 bridgehead atoms. The SMILES string of the molecule is C[C@@H](Nc1cc(-c2cnn(CC(F)(F)F)c2)ncn1)C(=O)N1CCC1. The first-order chi connectivity index (χ1) is 11.8. The number of carbonyl (C=O) groups excluding carboxylic acids is 1. The molecule has 7 nitrogen and oxygen atoms in total. The second-order valence-electron chi connectivity index (χ2n) is 5.88. The topological polar surface area (TPSA) is 75.9 Å². The molecule has 134 valence electrons. The Labute approximate surface area is 141 Å². The first kappa shape index (κ1) is 17.2. The third-order valence-corrected chi connectivity index (χ3v) is 3.84. The van der Waals surface area contributed by atoms with Crippen LogP contribution in [0.4, 0.5) is 19.0 Å². The number of aromatic nitrogens is 4. The number of amides is 1. The van der Waals surface area contributed by atoms with E-state index in [0.29, 0.717) is 17.1 Å². The first-order valence-corrected chi connectivity index (χ1v) is 7.79. The highest BCUT2D eigenvalue weighted by Gasteiger charge is 2.28. The van der Waals surface area contributed by atoms with E-state index in [4.69, 9.17) is 0 Å². The maximum Gasteiger partial charge on any atom is 0.408 e. The van der Waals surface area contributed by atoms with Crippen LogP contribution < -0.4 is 5.32 Å². The van der Waals surface area contributed by atoms with Gasteiger partial charge < -0.3 is 10.2 Å². The van der Waals surface area contributed by atoms with Crippen molar-refractivity contribution in [1.29, 1.82) is 0 Å². The molecular formula is C15H17F3N6O. The van der Waals surface area contributed by atoms with Crippen molar-refractivity contribution in [1.82, 2.24) is 24.6 Å². The van der Waals surface area contributed by atoms with Crippen LogP contribution in [0.3, 0.4) is 0 Å². The maximum absolute atomic E-state index is 12.4. The van der Waals surface area contributed by atoms with E-state index in [9.17, 15) is 18.0 Å². The maximum atomic E-state index is 12.4. The molecule has 0 radical (unpaired) electrons. The molecule has 1 N–H and O–H groups in total. The molecule has 10 heteroatoms. The summed E-state index contributed by atoms with van der Waals surface area (Å²) in [7, 11) is 0. The summed E-state index contributed by atoms with van der Waals surface area (Å²) in [6.45, 7) is 2.10. The average Bonchev–Trinajstić information content (AvgIpc) is 2.92. The number of alkyl halides is 3. The van der Waals surface area contributed by atoms with E-state index < -0.39 is 18.8 Å². The number of carbonyl (C=O) groups is 1. The average molecular weight is 354 g/mol. The molecule has 25 heavy (non-hydrogen) atoms. The van der Waals surface area contributed by atoms with Gasteiger partial charge in [0.25, 0.3) is 0 Å². The quantitative estimate of drug-likeness (QED) is 0.888. The van der Waals surface area contributed by atoms with Crippen molar-refractivity contribution in [3.63, 3.8) is 0 Å². The van der Waals surface area contributed by atoms with Gasteiger partial charge in [-0.15, -0.1) is 0 Å². The lowest BCUT2D eigenvalue weighted by Gasteiger charge is -2.33. The summed E-state index contributed by atoms with van der Waals surface area (Å²) in [5.41, 5.74) is 0.867. The fraction of sp³-hybridized carbons (Fsp3) is 0.467. The van der Waals surface area contributed by atoms with E-state index in [-0.39, 0.29) is 5.91 Å². The zero-order valence-corrected chi connectivity index (χ0v) is 13.5. The van der Waals surface area contributed by atoms with Crippen molar-refractivity contribution in [3.8, 4) is 11.3 Å². The summed E-state index contributed by atoms with van der Waals surface area (Å²) >= 11 is 0. The van der Waals surface area contributed by atoms with Crippen LogP contribution in [-0.2, 0) is 11.3 Å². The second kappa shape index (κ2) is 6.69. The van der Waals surface area contributed by atoms with Gasteiger partial charge in [0.1, 0.15) is 24.7 Å².